The molecule has 0 aliphatic carbocycles. The minimum atomic E-state index is -2.05. The van der Waals surface area contributed by atoms with Gasteiger partial charge in [0, 0.05) is 45.5 Å². The van der Waals surface area contributed by atoms with E-state index in [0.717, 1.165) is 0 Å². The molecule has 1 atom stereocenters. The highest BCUT2D eigenvalue weighted by Crippen LogP contribution is 2.53. The van der Waals surface area contributed by atoms with Crippen molar-refractivity contribution in [3.05, 3.63) is 91.0 Å². The van der Waals surface area contributed by atoms with Crippen LogP contribution in [0.3, 0.4) is 0 Å². The van der Waals surface area contributed by atoms with E-state index in [9.17, 15) is 0 Å². The van der Waals surface area contributed by atoms with Gasteiger partial charge in [0.15, 0.2) is 0 Å². The third kappa shape index (κ3) is 1.95. The lowest BCUT2D eigenvalue weighted by atomic mass is 10.0. The third-order valence-electron chi connectivity index (χ3n) is 6.02. The van der Waals surface area contributed by atoms with E-state index in [-0.39, 0.29) is 0 Å². The SMILES string of the molecule is Cn1c2ccccc2c2cc3c(cc21)-c1ccccc1P3(=S)c1ccccc1. The average molecular weight is 395 g/mol. The summed E-state index contributed by atoms with van der Waals surface area (Å²) < 4.78 is 2.30. The van der Waals surface area contributed by atoms with Crippen molar-refractivity contribution in [2.24, 2.45) is 7.05 Å². The standard InChI is InChI=1S/C25H18NPS/c1-26-22-13-7-5-11-18(22)20-16-25-21(15-23(20)26)19-12-6-8-14-24(19)27(25,28)17-9-3-2-4-10-17/h2-16H,1H3. The van der Waals surface area contributed by atoms with Crippen LogP contribution in [-0.2, 0) is 18.9 Å². The van der Waals surface area contributed by atoms with E-state index in [1.54, 1.807) is 0 Å². The molecule has 28 heavy (non-hydrogen) atoms. The van der Waals surface area contributed by atoms with Gasteiger partial charge in [-0.25, -0.2) is 0 Å². The van der Waals surface area contributed by atoms with Gasteiger partial charge in [-0.15, -0.1) is 0 Å². The number of hydrogen-bond acceptors (Lipinski definition) is 1. The summed E-state index contributed by atoms with van der Waals surface area (Å²) in [5.74, 6) is 0. The minimum Gasteiger partial charge on any atom is -0.344 e. The summed E-state index contributed by atoms with van der Waals surface area (Å²) in [6.45, 7) is 0. The summed E-state index contributed by atoms with van der Waals surface area (Å²) in [5, 5.41) is 6.53. The van der Waals surface area contributed by atoms with Crippen LogP contribution in [0, 0.1) is 0 Å². The first-order valence-electron chi connectivity index (χ1n) is 9.47. The molecule has 0 fully saturated rings. The van der Waals surface area contributed by atoms with Gasteiger partial charge in [-0.3, -0.25) is 0 Å². The Hall–Kier alpha value is -2.67. The summed E-state index contributed by atoms with van der Waals surface area (Å²) >= 11 is 6.54. The molecule has 1 aromatic heterocycles. The van der Waals surface area contributed by atoms with E-state index in [1.165, 1.54) is 48.8 Å². The fourth-order valence-corrected chi connectivity index (χ4v) is 9.06. The van der Waals surface area contributed by atoms with Crippen LogP contribution in [-0.4, -0.2) is 4.57 Å². The zero-order valence-electron chi connectivity index (χ0n) is 15.5. The molecule has 0 amide bonds. The van der Waals surface area contributed by atoms with E-state index in [4.69, 9.17) is 11.8 Å². The Kier molecular flexibility index (Phi) is 3.30. The van der Waals surface area contributed by atoms with Crippen molar-refractivity contribution < 1.29 is 0 Å². The van der Waals surface area contributed by atoms with E-state index in [0.29, 0.717) is 0 Å². The molecule has 4 aromatic carbocycles. The van der Waals surface area contributed by atoms with Crippen LogP contribution in [0.2, 0.25) is 0 Å². The Morgan fingerprint density at radius 2 is 1.36 bits per heavy atom. The molecule has 3 heteroatoms. The van der Waals surface area contributed by atoms with Gasteiger partial charge < -0.3 is 4.57 Å². The highest BCUT2D eigenvalue weighted by molar-refractivity contribution is 8.26. The number of aryl methyl sites for hydroxylation is 1. The van der Waals surface area contributed by atoms with E-state index in [2.05, 4.69) is 103 Å². The maximum absolute atomic E-state index is 6.54. The molecule has 1 aliphatic heterocycles. The highest BCUT2D eigenvalue weighted by atomic mass is 32.4. The Labute approximate surface area is 169 Å². The molecule has 1 nitrogen and oxygen atoms in total. The number of hydrogen-bond donors (Lipinski definition) is 0. The van der Waals surface area contributed by atoms with Crippen molar-refractivity contribution >= 4 is 55.6 Å². The molecule has 0 N–H and O–H groups in total. The van der Waals surface area contributed by atoms with Crippen LogP contribution in [0.5, 0.6) is 0 Å². The summed E-state index contributed by atoms with van der Waals surface area (Å²) in [6.07, 6.45) is 0. The van der Waals surface area contributed by atoms with Crippen molar-refractivity contribution in [2.45, 2.75) is 0 Å². The Morgan fingerprint density at radius 1 is 0.643 bits per heavy atom. The van der Waals surface area contributed by atoms with Crippen molar-refractivity contribution in [3.63, 3.8) is 0 Å². The van der Waals surface area contributed by atoms with Gasteiger partial charge in [-0.05, 0) is 34.6 Å². The summed E-state index contributed by atoms with van der Waals surface area (Å²) in [7, 11) is 2.16. The van der Waals surface area contributed by atoms with Gasteiger partial charge in [0.2, 0.25) is 0 Å². The topological polar surface area (TPSA) is 4.93 Å². The van der Waals surface area contributed by atoms with Gasteiger partial charge in [0.25, 0.3) is 0 Å². The Morgan fingerprint density at radius 3 is 2.21 bits per heavy atom. The number of aromatic nitrogens is 1. The number of rotatable bonds is 1. The molecule has 0 bridgehead atoms. The van der Waals surface area contributed by atoms with E-state index >= 15 is 0 Å². The third-order valence-corrected chi connectivity index (χ3v) is 11.0. The molecule has 0 spiro atoms. The van der Waals surface area contributed by atoms with Gasteiger partial charge in [0.1, 0.15) is 0 Å². The molecule has 1 aliphatic rings. The second-order valence-corrected chi connectivity index (χ2v) is 11.8. The predicted molar refractivity (Wildman–Crippen MR) is 125 cm³/mol. The fourth-order valence-electron chi connectivity index (χ4n) is 4.69. The fraction of sp³-hybridized carbons (Fsp3) is 0.0400. The zero-order valence-corrected chi connectivity index (χ0v) is 17.2. The first kappa shape index (κ1) is 16.3. The second kappa shape index (κ2) is 5.67. The van der Waals surface area contributed by atoms with Gasteiger partial charge in [-0.1, -0.05) is 84.6 Å². The summed E-state index contributed by atoms with van der Waals surface area (Å²) in [6, 6.07) is 30.8. The molecular weight excluding hydrogens is 377 g/mol. The molecule has 6 rings (SSSR count). The minimum absolute atomic E-state index is 1.27. The Balaban J connectivity index is 1.80. The van der Waals surface area contributed by atoms with Crippen LogP contribution < -0.4 is 15.9 Å². The number of benzene rings is 4. The molecule has 0 radical (unpaired) electrons. The number of nitrogens with zero attached hydrogens (tertiary/aromatic N) is 1. The van der Waals surface area contributed by atoms with Gasteiger partial charge in [-0.2, -0.15) is 0 Å². The number of fused-ring (bicyclic) bond motifs is 6. The predicted octanol–water partition coefficient (Wildman–Crippen LogP) is 5.07. The lowest BCUT2D eigenvalue weighted by Gasteiger charge is -2.20. The van der Waals surface area contributed by atoms with Crippen LogP contribution in [0.4, 0.5) is 0 Å². The first-order chi connectivity index (χ1) is 13.7. The van der Waals surface area contributed by atoms with E-state index < -0.39 is 6.04 Å². The molecule has 1 unspecified atom stereocenters. The van der Waals surface area contributed by atoms with Gasteiger partial charge >= 0.3 is 0 Å². The molecule has 5 aromatic rings. The van der Waals surface area contributed by atoms with Crippen molar-refractivity contribution in [3.8, 4) is 11.1 Å². The largest absolute Gasteiger partial charge is 0.344 e. The van der Waals surface area contributed by atoms with Crippen molar-refractivity contribution in [1.82, 2.24) is 4.57 Å². The zero-order chi connectivity index (χ0) is 18.9. The summed E-state index contributed by atoms with van der Waals surface area (Å²) in [5.41, 5.74) is 5.15. The molecule has 0 saturated carbocycles. The normalized spacial score (nSPS) is 17.8. The van der Waals surface area contributed by atoms with Gasteiger partial charge in [0.05, 0.1) is 0 Å². The summed E-state index contributed by atoms with van der Waals surface area (Å²) in [4.78, 5) is 0. The highest BCUT2D eigenvalue weighted by Gasteiger charge is 2.36. The maximum atomic E-state index is 6.54. The molecule has 2 heterocycles. The van der Waals surface area contributed by atoms with Crippen molar-refractivity contribution in [1.29, 1.82) is 0 Å². The lowest BCUT2D eigenvalue weighted by Crippen LogP contribution is -2.20. The first-order valence-corrected chi connectivity index (χ1v) is 12.3. The monoisotopic (exact) mass is 395 g/mol. The number of para-hydroxylation sites is 1. The molecule has 0 saturated heterocycles. The Bertz CT molecular complexity index is 1450. The van der Waals surface area contributed by atoms with Crippen LogP contribution in [0.25, 0.3) is 32.9 Å². The van der Waals surface area contributed by atoms with E-state index in [1.807, 2.05) is 0 Å². The van der Waals surface area contributed by atoms with Crippen molar-refractivity contribution in [2.75, 3.05) is 0 Å². The molecular formula is C25H18NPS. The van der Waals surface area contributed by atoms with Crippen LogP contribution >= 0.6 is 6.04 Å². The maximum Gasteiger partial charge on any atom is 0.0495 e. The average Bonchev–Trinajstić information content (AvgIpc) is 3.19. The smallest absolute Gasteiger partial charge is 0.0495 e. The molecule has 134 valence electrons. The second-order valence-electron chi connectivity index (χ2n) is 7.42. The lowest BCUT2D eigenvalue weighted by molar-refractivity contribution is 1.01. The van der Waals surface area contributed by atoms with Crippen LogP contribution in [0.15, 0.2) is 91.0 Å². The quantitative estimate of drug-likeness (QED) is 0.352. The van der Waals surface area contributed by atoms with Crippen LogP contribution in [0.1, 0.15) is 0 Å².